The number of amides is 2. The SMILES string of the molecule is CCOC(=O)c1ccc(N2C(=O)C[C@@H](N3CCN(c4cc(C)nc(C)n4)CC3)C2=O)cc1. The van der Waals surface area contributed by atoms with Gasteiger partial charge in [-0.15, -0.1) is 0 Å². The monoisotopic (exact) mass is 437 g/mol. The summed E-state index contributed by atoms with van der Waals surface area (Å²) in [5.74, 6) is 0.757. The van der Waals surface area contributed by atoms with Gasteiger partial charge in [-0.25, -0.2) is 19.7 Å². The molecular formula is C23H27N5O4. The number of aromatic nitrogens is 2. The van der Waals surface area contributed by atoms with Crippen molar-refractivity contribution in [2.45, 2.75) is 33.2 Å². The van der Waals surface area contributed by atoms with E-state index in [2.05, 4.69) is 19.8 Å². The second-order valence-electron chi connectivity index (χ2n) is 7.99. The summed E-state index contributed by atoms with van der Waals surface area (Å²) in [6.07, 6.45) is 0.157. The lowest BCUT2D eigenvalue weighted by atomic mass is 10.1. The van der Waals surface area contributed by atoms with E-state index in [1.165, 1.54) is 4.90 Å². The van der Waals surface area contributed by atoms with Crippen LogP contribution < -0.4 is 9.80 Å². The average Bonchev–Trinajstić information content (AvgIpc) is 3.07. The van der Waals surface area contributed by atoms with Crippen molar-refractivity contribution >= 4 is 29.3 Å². The van der Waals surface area contributed by atoms with E-state index in [0.29, 0.717) is 24.3 Å². The predicted octanol–water partition coefficient (Wildman–Crippen LogP) is 1.72. The van der Waals surface area contributed by atoms with Gasteiger partial charge in [-0.3, -0.25) is 14.5 Å². The van der Waals surface area contributed by atoms with Crippen molar-refractivity contribution in [1.29, 1.82) is 0 Å². The number of imide groups is 1. The van der Waals surface area contributed by atoms with E-state index in [4.69, 9.17) is 4.74 Å². The zero-order chi connectivity index (χ0) is 22.8. The lowest BCUT2D eigenvalue weighted by molar-refractivity contribution is -0.123. The molecule has 2 saturated heterocycles. The molecule has 9 nitrogen and oxygen atoms in total. The number of piperazine rings is 1. The summed E-state index contributed by atoms with van der Waals surface area (Å²) in [4.78, 5) is 52.0. The molecule has 2 aliphatic rings. The number of nitrogens with zero attached hydrogens (tertiary/aromatic N) is 5. The maximum Gasteiger partial charge on any atom is 0.338 e. The van der Waals surface area contributed by atoms with Crippen molar-refractivity contribution < 1.29 is 19.1 Å². The minimum atomic E-state index is -0.469. The largest absolute Gasteiger partial charge is 0.462 e. The molecule has 32 heavy (non-hydrogen) atoms. The van der Waals surface area contributed by atoms with Crippen molar-refractivity contribution in [3.05, 3.63) is 47.4 Å². The highest BCUT2D eigenvalue weighted by Gasteiger charge is 2.43. The second kappa shape index (κ2) is 9.04. The van der Waals surface area contributed by atoms with Gasteiger partial charge in [-0.2, -0.15) is 0 Å². The molecule has 9 heteroatoms. The summed E-state index contributed by atoms with van der Waals surface area (Å²) in [5.41, 5.74) is 1.79. The molecule has 2 fully saturated rings. The Morgan fingerprint density at radius 3 is 2.38 bits per heavy atom. The molecule has 0 saturated carbocycles. The van der Waals surface area contributed by atoms with Crippen LogP contribution in [0.5, 0.6) is 0 Å². The van der Waals surface area contributed by atoms with Gasteiger partial charge in [0.1, 0.15) is 11.6 Å². The van der Waals surface area contributed by atoms with Crippen molar-refractivity contribution in [2.24, 2.45) is 0 Å². The van der Waals surface area contributed by atoms with Crippen LogP contribution >= 0.6 is 0 Å². The Morgan fingerprint density at radius 2 is 1.75 bits per heavy atom. The summed E-state index contributed by atoms with van der Waals surface area (Å²) in [5, 5.41) is 0. The zero-order valence-corrected chi connectivity index (χ0v) is 18.6. The number of carbonyl (C=O) groups excluding carboxylic acids is 3. The molecule has 0 N–H and O–H groups in total. The van der Waals surface area contributed by atoms with E-state index >= 15 is 0 Å². The summed E-state index contributed by atoms with van der Waals surface area (Å²) < 4.78 is 4.98. The third kappa shape index (κ3) is 4.34. The number of ether oxygens (including phenoxy) is 1. The molecular weight excluding hydrogens is 410 g/mol. The predicted molar refractivity (Wildman–Crippen MR) is 119 cm³/mol. The number of esters is 1. The molecule has 4 rings (SSSR count). The Hall–Kier alpha value is -3.33. The maximum atomic E-state index is 13.1. The van der Waals surface area contributed by atoms with Crippen LogP contribution in [0.15, 0.2) is 30.3 Å². The zero-order valence-electron chi connectivity index (χ0n) is 18.6. The fourth-order valence-electron chi connectivity index (χ4n) is 4.26. The van der Waals surface area contributed by atoms with Crippen LogP contribution in [0, 0.1) is 13.8 Å². The normalized spacial score (nSPS) is 19.5. The molecule has 2 amide bonds. The number of benzene rings is 1. The molecule has 0 spiro atoms. The third-order valence-electron chi connectivity index (χ3n) is 5.79. The van der Waals surface area contributed by atoms with E-state index in [0.717, 1.165) is 30.4 Å². The van der Waals surface area contributed by atoms with Crippen molar-refractivity contribution in [2.75, 3.05) is 42.6 Å². The summed E-state index contributed by atoms with van der Waals surface area (Å²) in [6, 6.07) is 7.87. The van der Waals surface area contributed by atoms with Crippen molar-refractivity contribution in [1.82, 2.24) is 14.9 Å². The van der Waals surface area contributed by atoms with Crippen molar-refractivity contribution in [3.63, 3.8) is 0 Å². The van der Waals surface area contributed by atoms with Gasteiger partial charge in [0, 0.05) is 37.9 Å². The first-order chi connectivity index (χ1) is 15.4. The summed E-state index contributed by atoms with van der Waals surface area (Å²) in [7, 11) is 0. The highest BCUT2D eigenvalue weighted by molar-refractivity contribution is 6.22. The second-order valence-corrected chi connectivity index (χ2v) is 7.99. The average molecular weight is 438 g/mol. The first-order valence-electron chi connectivity index (χ1n) is 10.8. The van der Waals surface area contributed by atoms with Gasteiger partial charge in [0.2, 0.25) is 5.91 Å². The summed E-state index contributed by atoms with van der Waals surface area (Å²) >= 11 is 0. The lowest BCUT2D eigenvalue weighted by Crippen LogP contribution is -2.52. The number of hydrogen-bond donors (Lipinski definition) is 0. The molecule has 168 valence electrons. The fourth-order valence-corrected chi connectivity index (χ4v) is 4.26. The first-order valence-corrected chi connectivity index (χ1v) is 10.8. The Bertz CT molecular complexity index is 1010. The highest BCUT2D eigenvalue weighted by Crippen LogP contribution is 2.27. The molecule has 2 aromatic rings. The fraction of sp³-hybridized carbons (Fsp3) is 0.435. The van der Waals surface area contributed by atoms with Gasteiger partial charge in [0.15, 0.2) is 0 Å². The molecule has 0 unspecified atom stereocenters. The number of carbonyl (C=O) groups is 3. The Balaban J connectivity index is 1.41. The Kier molecular flexibility index (Phi) is 6.18. The van der Waals surface area contributed by atoms with E-state index in [1.54, 1.807) is 31.2 Å². The van der Waals surface area contributed by atoms with Gasteiger partial charge in [-0.05, 0) is 45.0 Å². The van der Waals surface area contributed by atoms with Crippen LogP contribution in [-0.2, 0) is 14.3 Å². The number of aryl methyl sites for hydroxylation is 2. The van der Waals surface area contributed by atoms with Crippen LogP contribution in [-0.4, -0.2) is 71.5 Å². The molecule has 1 aromatic carbocycles. The quantitative estimate of drug-likeness (QED) is 0.515. The standard InChI is InChI=1S/C23H27N5O4/c1-4-32-23(31)17-5-7-18(8-6-17)28-21(29)14-19(22(28)30)26-9-11-27(12-10-26)20-13-15(2)24-16(3)25-20/h5-8,13,19H,4,9-12,14H2,1-3H3/t19-/m1/s1. The molecule has 1 aromatic heterocycles. The first kappa shape index (κ1) is 21.9. The van der Waals surface area contributed by atoms with Crippen molar-refractivity contribution in [3.8, 4) is 0 Å². The van der Waals surface area contributed by atoms with Crippen LogP contribution in [0.25, 0.3) is 0 Å². The summed E-state index contributed by atoms with van der Waals surface area (Å²) in [6.45, 7) is 8.64. The number of hydrogen-bond acceptors (Lipinski definition) is 8. The van der Waals surface area contributed by atoms with E-state index in [1.807, 2.05) is 19.9 Å². The number of rotatable bonds is 5. The van der Waals surface area contributed by atoms with Gasteiger partial charge >= 0.3 is 5.97 Å². The van der Waals surface area contributed by atoms with Gasteiger partial charge in [-0.1, -0.05) is 0 Å². The van der Waals surface area contributed by atoms with E-state index < -0.39 is 12.0 Å². The minimum absolute atomic E-state index is 0.157. The van der Waals surface area contributed by atoms with Crippen LogP contribution in [0.3, 0.4) is 0 Å². The Labute approximate surface area is 187 Å². The van der Waals surface area contributed by atoms with Crippen LogP contribution in [0.4, 0.5) is 11.5 Å². The van der Waals surface area contributed by atoms with Crippen LogP contribution in [0.1, 0.15) is 35.2 Å². The molecule has 1 atom stereocenters. The molecule has 0 radical (unpaired) electrons. The van der Waals surface area contributed by atoms with E-state index in [9.17, 15) is 14.4 Å². The molecule has 3 heterocycles. The van der Waals surface area contributed by atoms with Gasteiger partial charge in [0.05, 0.1) is 30.3 Å². The smallest absolute Gasteiger partial charge is 0.338 e. The number of anilines is 2. The minimum Gasteiger partial charge on any atom is -0.462 e. The van der Waals surface area contributed by atoms with E-state index in [-0.39, 0.29) is 24.8 Å². The highest BCUT2D eigenvalue weighted by atomic mass is 16.5. The molecule has 2 aliphatic heterocycles. The van der Waals surface area contributed by atoms with Gasteiger partial charge in [0.25, 0.3) is 5.91 Å². The topological polar surface area (TPSA) is 95.9 Å². The Morgan fingerprint density at radius 1 is 1.06 bits per heavy atom. The van der Waals surface area contributed by atoms with Crippen LogP contribution in [0.2, 0.25) is 0 Å². The lowest BCUT2D eigenvalue weighted by Gasteiger charge is -2.37. The molecule has 0 aliphatic carbocycles. The molecule has 0 bridgehead atoms. The third-order valence-corrected chi connectivity index (χ3v) is 5.79. The van der Waals surface area contributed by atoms with Gasteiger partial charge < -0.3 is 9.64 Å². The maximum absolute atomic E-state index is 13.1.